The van der Waals surface area contributed by atoms with E-state index in [1.807, 2.05) is 0 Å². The topological polar surface area (TPSA) is 37.8 Å². The maximum absolute atomic E-state index is 4.55. The summed E-state index contributed by atoms with van der Waals surface area (Å²) in [5.74, 6) is 1.41. The van der Waals surface area contributed by atoms with Crippen LogP contribution >= 0.6 is 11.8 Å². The Hall–Kier alpha value is -1.55. The number of rotatable bonds is 6. The molecule has 2 aromatic rings. The van der Waals surface area contributed by atoms with Crippen molar-refractivity contribution in [2.24, 2.45) is 0 Å². The van der Waals surface area contributed by atoms with Crippen LogP contribution in [0.4, 0.5) is 5.82 Å². The van der Waals surface area contributed by atoms with E-state index in [0.29, 0.717) is 5.92 Å². The predicted molar refractivity (Wildman–Crippen MR) is 85.5 cm³/mol. The summed E-state index contributed by atoms with van der Waals surface area (Å²) < 4.78 is 0. The van der Waals surface area contributed by atoms with Crippen LogP contribution in [0, 0.1) is 0 Å². The van der Waals surface area contributed by atoms with E-state index in [9.17, 15) is 0 Å². The third kappa shape index (κ3) is 4.23. The second-order valence-corrected chi connectivity index (χ2v) is 6.09. The molecule has 106 valence electrons. The first-order chi connectivity index (χ1) is 9.69. The zero-order valence-electron chi connectivity index (χ0n) is 12.3. The van der Waals surface area contributed by atoms with Gasteiger partial charge in [0.25, 0.3) is 0 Å². The van der Waals surface area contributed by atoms with E-state index in [2.05, 4.69) is 60.3 Å². The first kappa shape index (κ1) is 14.9. The molecule has 0 aliphatic rings. The van der Waals surface area contributed by atoms with Crippen molar-refractivity contribution in [1.29, 1.82) is 0 Å². The minimum atomic E-state index is 0.565. The van der Waals surface area contributed by atoms with Gasteiger partial charge in [-0.2, -0.15) is 0 Å². The fourth-order valence-corrected chi connectivity index (χ4v) is 2.55. The molecule has 1 aromatic carbocycles. The van der Waals surface area contributed by atoms with Crippen molar-refractivity contribution in [3.63, 3.8) is 0 Å². The highest BCUT2D eigenvalue weighted by Gasteiger charge is 2.03. The number of hydrogen-bond donors (Lipinski definition) is 1. The van der Waals surface area contributed by atoms with E-state index in [4.69, 9.17) is 0 Å². The molecule has 0 aliphatic carbocycles. The second-order valence-electron chi connectivity index (χ2n) is 5.00. The molecule has 0 bridgehead atoms. The number of aromatic nitrogens is 2. The van der Waals surface area contributed by atoms with Crippen molar-refractivity contribution in [3.8, 4) is 0 Å². The van der Waals surface area contributed by atoms with Crippen molar-refractivity contribution in [2.75, 3.05) is 11.9 Å². The van der Waals surface area contributed by atoms with Crippen LogP contribution in [0.2, 0.25) is 0 Å². The highest BCUT2D eigenvalue weighted by atomic mass is 32.2. The van der Waals surface area contributed by atoms with Crippen molar-refractivity contribution >= 4 is 17.6 Å². The molecule has 3 nitrogen and oxygen atoms in total. The number of nitrogens with one attached hydrogen (secondary N) is 1. The first-order valence-corrected chi connectivity index (χ1v) is 7.84. The van der Waals surface area contributed by atoms with Crippen LogP contribution in [-0.2, 0) is 0 Å². The molecule has 20 heavy (non-hydrogen) atoms. The van der Waals surface area contributed by atoms with E-state index in [1.54, 1.807) is 24.2 Å². The lowest BCUT2D eigenvalue weighted by molar-refractivity contribution is 0.865. The lowest BCUT2D eigenvalue weighted by Gasteiger charge is -2.07. The van der Waals surface area contributed by atoms with Gasteiger partial charge in [0.15, 0.2) is 0 Å². The third-order valence-electron chi connectivity index (χ3n) is 2.94. The average Bonchev–Trinajstić information content (AvgIpc) is 2.46. The summed E-state index contributed by atoms with van der Waals surface area (Å²) in [7, 11) is 0. The van der Waals surface area contributed by atoms with Crippen LogP contribution in [0.1, 0.15) is 38.7 Å². The Kier molecular flexibility index (Phi) is 5.41. The molecule has 0 amide bonds. The van der Waals surface area contributed by atoms with Gasteiger partial charge in [0.1, 0.15) is 10.8 Å². The minimum absolute atomic E-state index is 0.565. The molecule has 4 heteroatoms. The van der Waals surface area contributed by atoms with Crippen LogP contribution in [0.15, 0.2) is 46.6 Å². The minimum Gasteiger partial charge on any atom is -0.369 e. The molecule has 1 N–H and O–H groups in total. The second kappa shape index (κ2) is 7.29. The summed E-state index contributed by atoms with van der Waals surface area (Å²) in [6, 6.07) is 8.65. The largest absolute Gasteiger partial charge is 0.369 e. The maximum atomic E-state index is 4.55. The Labute approximate surface area is 125 Å². The van der Waals surface area contributed by atoms with Gasteiger partial charge >= 0.3 is 0 Å². The van der Waals surface area contributed by atoms with Gasteiger partial charge in [-0.3, -0.25) is 4.98 Å². The van der Waals surface area contributed by atoms with Gasteiger partial charge < -0.3 is 5.32 Å². The van der Waals surface area contributed by atoms with E-state index in [1.165, 1.54) is 10.5 Å². The highest BCUT2D eigenvalue weighted by molar-refractivity contribution is 7.99. The number of benzene rings is 1. The van der Waals surface area contributed by atoms with Crippen LogP contribution in [0.25, 0.3) is 0 Å². The Morgan fingerprint density at radius 3 is 2.55 bits per heavy atom. The standard InChI is InChI=1S/C16H21N3S/c1-4-9-18-15-10-17-11-16(19-15)20-14-7-5-13(6-8-14)12(2)3/h5-8,10-12H,4,9H2,1-3H3,(H,18,19). The zero-order valence-corrected chi connectivity index (χ0v) is 13.1. The van der Waals surface area contributed by atoms with Crippen molar-refractivity contribution < 1.29 is 0 Å². The summed E-state index contributed by atoms with van der Waals surface area (Å²) in [5.41, 5.74) is 1.36. The number of anilines is 1. The monoisotopic (exact) mass is 287 g/mol. The molecule has 2 rings (SSSR count). The molecule has 1 aromatic heterocycles. The summed E-state index contributed by atoms with van der Waals surface area (Å²) in [6.45, 7) is 7.47. The molecule has 0 aliphatic heterocycles. The molecule has 0 fully saturated rings. The quantitative estimate of drug-likeness (QED) is 0.844. The van der Waals surface area contributed by atoms with Gasteiger partial charge in [-0.25, -0.2) is 4.98 Å². The Bertz CT molecular complexity index is 538. The van der Waals surface area contributed by atoms with E-state index < -0.39 is 0 Å². The molecule has 0 saturated carbocycles. The predicted octanol–water partition coefficient (Wildman–Crippen LogP) is 4.57. The Morgan fingerprint density at radius 2 is 1.90 bits per heavy atom. The van der Waals surface area contributed by atoms with Crippen molar-refractivity contribution in [2.45, 2.75) is 43.0 Å². The van der Waals surface area contributed by atoms with Gasteiger partial charge in [0.05, 0.1) is 12.4 Å². The third-order valence-corrected chi connectivity index (χ3v) is 3.85. The molecule has 0 spiro atoms. The van der Waals surface area contributed by atoms with Crippen LogP contribution in [0.3, 0.4) is 0 Å². The SMILES string of the molecule is CCCNc1cncc(Sc2ccc(C(C)C)cc2)n1. The van der Waals surface area contributed by atoms with Crippen LogP contribution in [-0.4, -0.2) is 16.5 Å². The van der Waals surface area contributed by atoms with Gasteiger partial charge in [-0.1, -0.05) is 44.7 Å². The summed E-state index contributed by atoms with van der Waals surface area (Å²) in [5, 5.41) is 4.18. The van der Waals surface area contributed by atoms with E-state index >= 15 is 0 Å². The smallest absolute Gasteiger partial charge is 0.145 e. The van der Waals surface area contributed by atoms with Gasteiger partial charge in [0, 0.05) is 11.4 Å². The maximum Gasteiger partial charge on any atom is 0.145 e. The molecule has 0 radical (unpaired) electrons. The summed E-state index contributed by atoms with van der Waals surface area (Å²) in [6.07, 6.45) is 4.65. The van der Waals surface area contributed by atoms with Gasteiger partial charge in [-0.15, -0.1) is 0 Å². The van der Waals surface area contributed by atoms with E-state index in [-0.39, 0.29) is 0 Å². The van der Waals surface area contributed by atoms with Crippen LogP contribution < -0.4 is 5.32 Å². The zero-order chi connectivity index (χ0) is 14.4. The lowest BCUT2D eigenvalue weighted by Crippen LogP contribution is -2.02. The van der Waals surface area contributed by atoms with Crippen molar-refractivity contribution in [3.05, 3.63) is 42.2 Å². The van der Waals surface area contributed by atoms with Crippen LogP contribution in [0.5, 0.6) is 0 Å². The highest BCUT2D eigenvalue weighted by Crippen LogP contribution is 2.27. The van der Waals surface area contributed by atoms with Crippen molar-refractivity contribution in [1.82, 2.24) is 9.97 Å². The summed E-state index contributed by atoms with van der Waals surface area (Å²) in [4.78, 5) is 9.98. The average molecular weight is 287 g/mol. The Balaban J connectivity index is 2.05. The molecule has 0 saturated heterocycles. The molecular formula is C16H21N3S. The normalized spacial score (nSPS) is 10.8. The number of hydrogen-bond acceptors (Lipinski definition) is 4. The molecule has 0 atom stereocenters. The molecule has 0 unspecified atom stereocenters. The van der Waals surface area contributed by atoms with Gasteiger partial charge in [-0.05, 0) is 30.0 Å². The first-order valence-electron chi connectivity index (χ1n) is 7.02. The fraction of sp³-hybridized carbons (Fsp3) is 0.375. The summed E-state index contributed by atoms with van der Waals surface area (Å²) >= 11 is 1.64. The molecule has 1 heterocycles. The van der Waals surface area contributed by atoms with E-state index in [0.717, 1.165) is 23.8 Å². The number of nitrogens with zero attached hydrogens (tertiary/aromatic N) is 2. The Morgan fingerprint density at radius 1 is 1.15 bits per heavy atom. The van der Waals surface area contributed by atoms with Gasteiger partial charge in [0.2, 0.25) is 0 Å². The molecular weight excluding hydrogens is 266 g/mol. The fourth-order valence-electron chi connectivity index (χ4n) is 1.78. The lowest BCUT2D eigenvalue weighted by atomic mass is 10.0.